The van der Waals surface area contributed by atoms with Gasteiger partial charge in [0, 0.05) is 25.3 Å². The van der Waals surface area contributed by atoms with Gasteiger partial charge in [-0.3, -0.25) is 4.68 Å². The molecule has 32 heavy (non-hydrogen) atoms. The molecular formula is C21H33FN5NaO3S. The molecule has 2 aromatic rings. The Labute approximate surface area is 212 Å². The third kappa shape index (κ3) is 7.02. The predicted octanol–water partition coefficient (Wildman–Crippen LogP) is 3.12. The topological polar surface area (TPSA) is 96.3 Å². The summed E-state index contributed by atoms with van der Waals surface area (Å²) in [6.07, 6.45) is 0. The molecule has 0 saturated carbocycles. The number of carbonyl (C=O) groups excluding carboxylic acids is 1. The van der Waals surface area contributed by atoms with E-state index in [1.165, 1.54) is 22.9 Å². The van der Waals surface area contributed by atoms with Crippen LogP contribution in [0.15, 0.2) is 23.2 Å². The van der Waals surface area contributed by atoms with Crippen LogP contribution >= 0.6 is 0 Å². The first kappa shape index (κ1) is 28.6. The minimum atomic E-state index is -4.18. The Kier molecular flexibility index (Phi) is 10.4. The quantitative estimate of drug-likeness (QED) is 0.570. The number of nitrogens with one attached hydrogen (secondary N) is 2. The number of anilines is 1. The standard InChI is InChI=1S/C21H32FN5O3S.Na.H/c1-8-26(6)12-16-11-19(24-27(16)7)31(29,30)25-21(28)23-20-17(13(2)3)9-15(22)10-18(20)14(4)5;;/h9-11,13-14H,8,12H2,1-7H3,(H2,23,25,28);;. The van der Waals surface area contributed by atoms with Crippen LogP contribution in [0, 0.1) is 5.82 Å². The molecule has 0 aliphatic carbocycles. The van der Waals surface area contributed by atoms with Gasteiger partial charge in [-0.2, -0.15) is 13.5 Å². The van der Waals surface area contributed by atoms with Gasteiger partial charge in [0.2, 0.25) is 0 Å². The second-order valence-corrected chi connectivity index (χ2v) is 9.89. The fourth-order valence-electron chi connectivity index (χ4n) is 3.16. The van der Waals surface area contributed by atoms with Crippen molar-refractivity contribution in [2.75, 3.05) is 18.9 Å². The average molecular weight is 478 g/mol. The number of hydrogen-bond donors (Lipinski definition) is 2. The number of urea groups is 1. The van der Waals surface area contributed by atoms with Crippen LogP contribution in [0.25, 0.3) is 0 Å². The number of hydrogen-bond acceptors (Lipinski definition) is 5. The summed E-state index contributed by atoms with van der Waals surface area (Å²) in [6.45, 7) is 10.8. The van der Waals surface area contributed by atoms with Gasteiger partial charge in [0.15, 0.2) is 5.03 Å². The summed E-state index contributed by atoms with van der Waals surface area (Å²) in [6, 6.07) is 3.23. The van der Waals surface area contributed by atoms with Crippen molar-refractivity contribution in [1.82, 2.24) is 19.4 Å². The summed E-state index contributed by atoms with van der Waals surface area (Å²) >= 11 is 0. The Morgan fingerprint density at radius 3 is 2.16 bits per heavy atom. The van der Waals surface area contributed by atoms with Gasteiger partial charge in [-0.15, -0.1) is 0 Å². The van der Waals surface area contributed by atoms with E-state index in [4.69, 9.17) is 0 Å². The summed E-state index contributed by atoms with van der Waals surface area (Å²) in [5, 5.41) is 6.42. The number of amides is 2. The molecule has 0 aliphatic rings. The van der Waals surface area contributed by atoms with Gasteiger partial charge in [-0.25, -0.2) is 13.9 Å². The molecule has 2 amide bonds. The number of rotatable bonds is 8. The molecule has 0 spiro atoms. The monoisotopic (exact) mass is 477 g/mol. The Morgan fingerprint density at radius 2 is 1.69 bits per heavy atom. The second kappa shape index (κ2) is 11.6. The van der Waals surface area contributed by atoms with Gasteiger partial charge in [-0.1, -0.05) is 34.6 Å². The first-order chi connectivity index (χ1) is 14.4. The molecule has 0 radical (unpaired) electrons. The molecule has 174 valence electrons. The summed E-state index contributed by atoms with van der Waals surface area (Å²) in [4.78, 5) is 14.6. The molecule has 0 bridgehead atoms. The number of aryl methyl sites for hydroxylation is 1. The van der Waals surface area contributed by atoms with Crippen LogP contribution in [0.4, 0.5) is 14.9 Å². The zero-order valence-corrected chi connectivity index (χ0v) is 20.0. The van der Waals surface area contributed by atoms with Crippen LogP contribution in [0.3, 0.4) is 0 Å². The van der Waals surface area contributed by atoms with Gasteiger partial charge < -0.3 is 10.2 Å². The van der Waals surface area contributed by atoms with Crippen LogP contribution in [-0.4, -0.2) is 72.3 Å². The van der Waals surface area contributed by atoms with E-state index in [1.807, 2.05) is 51.3 Å². The Morgan fingerprint density at radius 1 is 1.16 bits per heavy atom. The number of sulfonamides is 1. The van der Waals surface area contributed by atoms with E-state index >= 15 is 0 Å². The Bertz CT molecular complexity index is 1020. The molecule has 1 heterocycles. The molecule has 2 rings (SSSR count). The maximum atomic E-state index is 14.1. The minimum absolute atomic E-state index is 0. The fourth-order valence-corrected chi connectivity index (χ4v) is 4.08. The molecule has 0 aliphatic heterocycles. The molecule has 11 heteroatoms. The number of aromatic nitrogens is 2. The van der Waals surface area contributed by atoms with E-state index in [1.54, 1.807) is 7.05 Å². The van der Waals surface area contributed by atoms with Crippen LogP contribution in [0.5, 0.6) is 0 Å². The van der Waals surface area contributed by atoms with Crippen molar-refractivity contribution in [2.24, 2.45) is 7.05 Å². The van der Waals surface area contributed by atoms with Crippen molar-refractivity contribution >= 4 is 51.3 Å². The van der Waals surface area contributed by atoms with E-state index in [9.17, 15) is 17.6 Å². The van der Waals surface area contributed by atoms with Crippen molar-refractivity contribution < 1.29 is 17.6 Å². The van der Waals surface area contributed by atoms with Crippen molar-refractivity contribution in [3.05, 3.63) is 40.8 Å². The van der Waals surface area contributed by atoms with Crippen LogP contribution in [-0.2, 0) is 23.6 Å². The van der Waals surface area contributed by atoms with E-state index in [0.717, 1.165) is 6.54 Å². The van der Waals surface area contributed by atoms with Crippen molar-refractivity contribution in [3.8, 4) is 0 Å². The molecule has 0 unspecified atom stereocenters. The van der Waals surface area contributed by atoms with E-state index in [-0.39, 0.29) is 46.4 Å². The maximum absolute atomic E-state index is 14.1. The number of halogens is 1. The van der Waals surface area contributed by atoms with E-state index in [2.05, 4.69) is 10.4 Å². The van der Waals surface area contributed by atoms with Gasteiger partial charge in [-0.05, 0) is 48.7 Å². The predicted molar refractivity (Wildman–Crippen MR) is 126 cm³/mol. The number of nitrogens with zero attached hydrogens (tertiary/aromatic N) is 3. The number of carbonyl (C=O) groups is 1. The van der Waals surface area contributed by atoms with Gasteiger partial charge in [0.1, 0.15) is 5.82 Å². The summed E-state index contributed by atoms with van der Waals surface area (Å²) < 4.78 is 43.0. The first-order valence-corrected chi connectivity index (χ1v) is 11.7. The summed E-state index contributed by atoms with van der Waals surface area (Å²) in [7, 11) is -0.621. The zero-order chi connectivity index (χ0) is 23.5. The molecule has 2 N–H and O–H groups in total. The third-order valence-corrected chi connectivity index (χ3v) is 6.28. The molecule has 0 fully saturated rings. The third-order valence-electron chi connectivity index (χ3n) is 5.08. The van der Waals surface area contributed by atoms with Crippen molar-refractivity contribution in [1.29, 1.82) is 0 Å². The Hall–Kier alpha value is -1.46. The second-order valence-electron chi connectivity index (χ2n) is 8.26. The molecule has 0 saturated heterocycles. The van der Waals surface area contributed by atoms with Gasteiger partial charge >= 0.3 is 35.6 Å². The summed E-state index contributed by atoms with van der Waals surface area (Å²) in [5.74, 6) is -0.549. The number of benzene rings is 1. The molecule has 1 aromatic carbocycles. The molecule has 0 atom stereocenters. The van der Waals surface area contributed by atoms with Crippen molar-refractivity contribution in [3.63, 3.8) is 0 Å². The first-order valence-electron chi connectivity index (χ1n) is 10.2. The molecule has 1 aromatic heterocycles. The van der Waals surface area contributed by atoms with Gasteiger partial charge in [0.05, 0.1) is 5.69 Å². The average Bonchev–Trinajstić information content (AvgIpc) is 3.03. The summed E-state index contributed by atoms with van der Waals surface area (Å²) in [5.41, 5.74) is 2.32. The normalized spacial score (nSPS) is 11.7. The van der Waals surface area contributed by atoms with Gasteiger partial charge in [0.25, 0.3) is 10.0 Å². The Balaban J connectivity index is 0.00000512. The van der Waals surface area contributed by atoms with Crippen LogP contribution in [0.1, 0.15) is 63.3 Å². The van der Waals surface area contributed by atoms with E-state index < -0.39 is 21.9 Å². The van der Waals surface area contributed by atoms with E-state index in [0.29, 0.717) is 29.1 Å². The zero-order valence-electron chi connectivity index (χ0n) is 19.2. The van der Waals surface area contributed by atoms with Crippen LogP contribution < -0.4 is 10.0 Å². The molecular weight excluding hydrogens is 444 g/mol. The SMILES string of the molecule is CCN(C)Cc1cc(S(=O)(=O)NC(=O)Nc2c(C(C)C)cc(F)cc2C(C)C)nn1C.[NaH]. The van der Waals surface area contributed by atoms with Crippen molar-refractivity contribution in [2.45, 2.75) is 58.0 Å². The molecule has 8 nitrogen and oxygen atoms in total. The fraction of sp³-hybridized carbons (Fsp3) is 0.524. The van der Waals surface area contributed by atoms with Crippen LogP contribution in [0.2, 0.25) is 0 Å².